The van der Waals surface area contributed by atoms with Crippen molar-refractivity contribution in [3.8, 4) is 0 Å². The normalized spacial score (nSPS) is 15.9. The summed E-state index contributed by atoms with van der Waals surface area (Å²) in [4.78, 5) is 10.1. The van der Waals surface area contributed by atoms with Gasteiger partial charge in [-0.05, 0) is 6.42 Å². The van der Waals surface area contributed by atoms with Crippen LogP contribution in [0.5, 0.6) is 0 Å². The fraction of sp³-hybridized carbons (Fsp3) is 0.857. The molecular formula is C7H14FNO2. The molecule has 0 bridgehead atoms. The van der Waals surface area contributed by atoms with Crippen LogP contribution in [-0.4, -0.2) is 23.3 Å². The molecule has 0 spiro atoms. The van der Waals surface area contributed by atoms with Gasteiger partial charge in [-0.15, -0.1) is 0 Å². The van der Waals surface area contributed by atoms with Crippen LogP contribution in [0.1, 0.15) is 26.2 Å². The van der Waals surface area contributed by atoms with E-state index in [9.17, 15) is 9.18 Å². The number of nitrogens with two attached hydrogens (primary N) is 1. The molecule has 0 saturated carbocycles. The van der Waals surface area contributed by atoms with Gasteiger partial charge in [0.15, 0.2) is 0 Å². The lowest BCUT2D eigenvalue weighted by Gasteiger charge is -2.10. The van der Waals surface area contributed by atoms with Crippen LogP contribution in [-0.2, 0) is 4.79 Å². The van der Waals surface area contributed by atoms with Crippen LogP contribution in [0.2, 0.25) is 0 Å². The molecule has 4 heteroatoms. The average molecular weight is 163 g/mol. The summed E-state index contributed by atoms with van der Waals surface area (Å²) in [6.07, 6.45) is 0.367. The van der Waals surface area contributed by atoms with E-state index in [1.54, 1.807) is 0 Å². The van der Waals surface area contributed by atoms with E-state index in [1.807, 2.05) is 6.92 Å². The molecule has 0 amide bonds. The second kappa shape index (κ2) is 5.07. The van der Waals surface area contributed by atoms with E-state index in [0.717, 1.165) is 6.42 Å². The fourth-order valence-corrected chi connectivity index (χ4v) is 0.733. The Morgan fingerprint density at radius 2 is 2.27 bits per heavy atom. The van der Waals surface area contributed by atoms with Crippen LogP contribution in [0.4, 0.5) is 4.39 Å². The van der Waals surface area contributed by atoms with Crippen LogP contribution in [0, 0.1) is 0 Å². The van der Waals surface area contributed by atoms with Gasteiger partial charge in [-0.25, -0.2) is 4.39 Å². The minimum Gasteiger partial charge on any atom is -0.480 e. The van der Waals surface area contributed by atoms with Crippen LogP contribution in [0.3, 0.4) is 0 Å². The summed E-state index contributed by atoms with van der Waals surface area (Å²) >= 11 is 0. The molecule has 0 aromatic carbocycles. The highest BCUT2D eigenvalue weighted by atomic mass is 19.1. The summed E-state index contributed by atoms with van der Waals surface area (Å²) in [5, 5.41) is 8.29. The van der Waals surface area contributed by atoms with Crippen molar-refractivity contribution >= 4 is 5.97 Å². The van der Waals surface area contributed by atoms with Crippen molar-refractivity contribution in [1.29, 1.82) is 0 Å². The lowest BCUT2D eigenvalue weighted by Crippen LogP contribution is -2.39. The second-order valence-electron chi connectivity index (χ2n) is 2.52. The summed E-state index contributed by atoms with van der Waals surface area (Å²) in [6, 6.07) is -1.36. The number of rotatable bonds is 5. The van der Waals surface area contributed by atoms with Crippen LogP contribution >= 0.6 is 0 Å². The lowest BCUT2D eigenvalue weighted by atomic mass is 10.1. The smallest absolute Gasteiger partial charge is 0.323 e. The third-order valence-electron chi connectivity index (χ3n) is 1.51. The number of carbonyl (C=O) groups is 1. The molecule has 0 aliphatic carbocycles. The van der Waals surface area contributed by atoms with E-state index in [0.29, 0.717) is 6.42 Å². The number of halogens is 1. The van der Waals surface area contributed by atoms with Crippen molar-refractivity contribution in [1.82, 2.24) is 0 Å². The van der Waals surface area contributed by atoms with Gasteiger partial charge in [0.25, 0.3) is 0 Å². The molecule has 0 radical (unpaired) electrons. The third-order valence-corrected chi connectivity index (χ3v) is 1.51. The van der Waals surface area contributed by atoms with Crippen molar-refractivity contribution in [3.63, 3.8) is 0 Å². The highest BCUT2D eigenvalue weighted by molar-refractivity contribution is 5.73. The molecule has 11 heavy (non-hydrogen) atoms. The second-order valence-corrected chi connectivity index (χ2v) is 2.52. The van der Waals surface area contributed by atoms with Gasteiger partial charge < -0.3 is 10.8 Å². The molecule has 66 valence electrons. The van der Waals surface area contributed by atoms with E-state index in [2.05, 4.69) is 0 Å². The Morgan fingerprint density at radius 1 is 1.73 bits per heavy atom. The van der Waals surface area contributed by atoms with Crippen LogP contribution in [0.25, 0.3) is 0 Å². The maximum absolute atomic E-state index is 12.7. The Bertz CT molecular complexity index is 130. The number of carboxylic acid groups (broad SMARTS) is 1. The molecule has 0 aromatic heterocycles. The van der Waals surface area contributed by atoms with Crippen molar-refractivity contribution < 1.29 is 14.3 Å². The molecule has 0 saturated heterocycles. The SMILES string of the molecule is CCCC[C@H](F)[C@@H](N)C(=O)O. The van der Waals surface area contributed by atoms with Gasteiger partial charge in [-0.3, -0.25) is 4.79 Å². The number of carboxylic acids is 1. The summed E-state index contributed by atoms with van der Waals surface area (Å²) in [6.45, 7) is 1.92. The number of unbranched alkanes of at least 4 members (excludes halogenated alkanes) is 1. The quantitative estimate of drug-likeness (QED) is 0.633. The van der Waals surface area contributed by atoms with Gasteiger partial charge in [0.1, 0.15) is 12.2 Å². The predicted octanol–water partition coefficient (Wildman–Crippen LogP) is 0.927. The first-order valence-corrected chi connectivity index (χ1v) is 3.72. The minimum atomic E-state index is -1.41. The fourth-order valence-electron chi connectivity index (χ4n) is 0.733. The number of aliphatic carboxylic acids is 1. The highest BCUT2D eigenvalue weighted by Crippen LogP contribution is 2.07. The molecule has 0 heterocycles. The number of hydrogen-bond acceptors (Lipinski definition) is 2. The van der Waals surface area contributed by atoms with E-state index in [4.69, 9.17) is 10.8 Å². The Kier molecular flexibility index (Phi) is 4.77. The van der Waals surface area contributed by atoms with Crippen LogP contribution < -0.4 is 5.73 Å². The number of alkyl halides is 1. The Morgan fingerprint density at radius 3 is 2.64 bits per heavy atom. The lowest BCUT2D eigenvalue weighted by molar-refractivity contribution is -0.140. The van der Waals surface area contributed by atoms with Crippen LogP contribution in [0.15, 0.2) is 0 Å². The van der Waals surface area contributed by atoms with Gasteiger partial charge in [0.2, 0.25) is 0 Å². The summed E-state index contributed by atoms with van der Waals surface area (Å²) in [5.41, 5.74) is 5.03. The zero-order chi connectivity index (χ0) is 8.85. The first-order valence-electron chi connectivity index (χ1n) is 3.72. The van der Waals surface area contributed by atoms with E-state index in [-0.39, 0.29) is 6.42 Å². The highest BCUT2D eigenvalue weighted by Gasteiger charge is 2.22. The van der Waals surface area contributed by atoms with Gasteiger partial charge in [0.05, 0.1) is 0 Å². The number of hydrogen-bond donors (Lipinski definition) is 2. The van der Waals surface area contributed by atoms with E-state index < -0.39 is 18.2 Å². The molecule has 2 atom stereocenters. The van der Waals surface area contributed by atoms with Crippen molar-refractivity contribution in [2.24, 2.45) is 5.73 Å². The maximum atomic E-state index is 12.7. The summed E-state index contributed by atoms with van der Waals surface area (Å²) in [7, 11) is 0. The Labute approximate surface area is 65.4 Å². The Hall–Kier alpha value is -0.640. The minimum absolute atomic E-state index is 0.240. The Balaban J connectivity index is 3.63. The van der Waals surface area contributed by atoms with E-state index >= 15 is 0 Å². The predicted molar refractivity (Wildman–Crippen MR) is 40.0 cm³/mol. The molecule has 3 N–H and O–H groups in total. The molecule has 3 nitrogen and oxygen atoms in total. The largest absolute Gasteiger partial charge is 0.480 e. The van der Waals surface area contributed by atoms with Gasteiger partial charge in [-0.2, -0.15) is 0 Å². The maximum Gasteiger partial charge on any atom is 0.323 e. The topological polar surface area (TPSA) is 63.3 Å². The van der Waals surface area contributed by atoms with Crippen molar-refractivity contribution in [2.75, 3.05) is 0 Å². The summed E-state index contributed by atoms with van der Waals surface area (Å²) < 4.78 is 12.7. The van der Waals surface area contributed by atoms with Gasteiger partial charge in [0, 0.05) is 0 Å². The third kappa shape index (κ3) is 3.93. The molecule has 0 aliphatic heterocycles. The van der Waals surface area contributed by atoms with Crippen molar-refractivity contribution in [3.05, 3.63) is 0 Å². The zero-order valence-corrected chi connectivity index (χ0v) is 6.59. The molecular weight excluding hydrogens is 149 g/mol. The molecule has 0 rings (SSSR count). The monoisotopic (exact) mass is 163 g/mol. The molecule has 0 fully saturated rings. The van der Waals surface area contributed by atoms with E-state index in [1.165, 1.54) is 0 Å². The van der Waals surface area contributed by atoms with Crippen molar-refractivity contribution in [2.45, 2.75) is 38.4 Å². The molecule has 0 aliphatic rings. The summed E-state index contributed by atoms with van der Waals surface area (Å²) in [5.74, 6) is -1.27. The first kappa shape index (κ1) is 10.4. The van der Waals surface area contributed by atoms with Gasteiger partial charge in [-0.1, -0.05) is 19.8 Å². The molecule has 0 aromatic rings. The van der Waals surface area contributed by atoms with Gasteiger partial charge >= 0.3 is 5.97 Å². The standard InChI is InChI=1S/C7H14FNO2/c1-2-3-4-5(8)6(9)7(10)11/h5-6H,2-4,9H2,1H3,(H,10,11)/t5-,6+/m0/s1. The molecule has 0 unspecified atom stereocenters. The first-order chi connectivity index (χ1) is 5.09. The average Bonchev–Trinajstić information content (AvgIpc) is 1.98. The zero-order valence-electron chi connectivity index (χ0n) is 6.59.